The maximum atomic E-state index is 13.3. The molecule has 0 saturated carbocycles. The topological polar surface area (TPSA) is 39.1 Å². The van der Waals surface area contributed by atoms with E-state index in [0.29, 0.717) is 12.2 Å². The van der Waals surface area contributed by atoms with E-state index in [4.69, 9.17) is 0 Å². The molecular formula is C16H19FN4O. The zero-order valence-electron chi connectivity index (χ0n) is 12.9. The van der Waals surface area contributed by atoms with Crippen LogP contribution >= 0.6 is 0 Å². The van der Waals surface area contributed by atoms with Gasteiger partial charge in [-0.1, -0.05) is 12.1 Å². The third kappa shape index (κ3) is 2.45. The minimum Gasteiger partial charge on any atom is -0.354 e. The van der Waals surface area contributed by atoms with Gasteiger partial charge in [0.15, 0.2) is 0 Å². The summed E-state index contributed by atoms with van der Waals surface area (Å²) in [5, 5.41) is 0. The lowest BCUT2D eigenvalue weighted by Crippen LogP contribution is -2.48. The van der Waals surface area contributed by atoms with Gasteiger partial charge in [-0.25, -0.2) is 9.18 Å². The number of carbonyl (C=O) groups excluding carboxylic acids is 1. The fourth-order valence-corrected chi connectivity index (χ4v) is 2.75. The highest BCUT2D eigenvalue weighted by Crippen LogP contribution is 2.24. The summed E-state index contributed by atoms with van der Waals surface area (Å²) in [6.45, 7) is 2.69. The lowest BCUT2D eigenvalue weighted by Gasteiger charge is -2.34. The molecule has 6 heteroatoms. The number of urea groups is 1. The minimum absolute atomic E-state index is 0.00148. The molecule has 1 aromatic rings. The van der Waals surface area contributed by atoms with Gasteiger partial charge >= 0.3 is 6.03 Å². The number of hydrogen-bond donors (Lipinski definition) is 0. The van der Waals surface area contributed by atoms with Gasteiger partial charge in [0, 0.05) is 44.7 Å². The number of amides is 2. The first kappa shape index (κ1) is 14.6. The van der Waals surface area contributed by atoms with Crippen LogP contribution in [0.3, 0.4) is 0 Å². The predicted octanol–water partition coefficient (Wildman–Crippen LogP) is 2.22. The Labute approximate surface area is 129 Å². The second-order valence-electron chi connectivity index (χ2n) is 5.78. The van der Waals surface area contributed by atoms with Gasteiger partial charge in [0.2, 0.25) is 0 Å². The Morgan fingerprint density at radius 2 is 2.09 bits per heavy atom. The van der Waals surface area contributed by atoms with E-state index in [2.05, 4.69) is 4.99 Å². The zero-order valence-corrected chi connectivity index (χ0v) is 12.9. The fourth-order valence-electron chi connectivity index (χ4n) is 2.75. The molecule has 2 amide bonds. The van der Waals surface area contributed by atoms with E-state index < -0.39 is 0 Å². The van der Waals surface area contributed by atoms with Crippen LogP contribution in [0.5, 0.6) is 0 Å². The van der Waals surface area contributed by atoms with Crippen LogP contribution in [-0.2, 0) is 0 Å². The Bertz CT molecular complexity index is 657. The number of hydrogen-bond acceptors (Lipinski definition) is 3. The van der Waals surface area contributed by atoms with Gasteiger partial charge in [0.1, 0.15) is 12.0 Å². The molecule has 2 aliphatic heterocycles. The highest BCUT2D eigenvalue weighted by Gasteiger charge is 2.37. The number of carbonyl (C=O) groups is 1. The third-order valence-corrected chi connectivity index (χ3v) is 4.20. The number of rotatable bonds is 2. The Balaban J connectivity index is 1.81. The van der Waals surface area contributed by atoms with Gasteiger partial charge in [0.05, 0.1) is 5.70 Å². The highest BCUT2D eigenvalue weighted by molar-refractivity contribution is 5.85. The van der Waals surface area contributed by atoms with Gasteiger partial charge < -0.3 is 9.80 Å². The second-order valence-corrected chi connectivity index (χ2v) is 5.78. The Morgan fingerprint density at radius 1 is 1.32 bits per heavy atom. The van der Waals surface area contributed by atoms with E-state index >= 15 is 0 Å². The molecule has 2 atom stereocenters. The maximum Gasteiger partial charge on any atom is 0.322 e. The van der Waals surface area contributed by atoms with Crippen molar-refractivity contribution in [2.75, 3.05) is 20.6 Å². The first-order chi connectivity index (χ1) is 10.5. The van der Waals surface area contributed by atoms with Crippen molar-refractivity contribution < 1.29 is 9.18 Å². The van der Waals surface area contributed by atoms with Crippen molar-refractivity contribution in [2.45, 2.75) is 19.1 Å². The van der Waals surface area contributed by atoms with Gasteiger partial charge in [0.25, 0.3) is 0 Å². The van der Waals surface area contributed by atoms with Gasteiger partial charge in [-0.2, -0.15) is 0 Å². The van der Waals surface area contributed by atoms with Crippen molar-refractivity contribution in [3.63, 3.8) is 0 Å². The molecular weight excluding hydrogens is 283 g/mol. The summed E-state index contributed by atoms with van der Waals surface area (Å²) < 4.78 is 13.3. The van der Waals surface area contributed by atoms with E-state index in [9.17, 15) is 9.18 Å². The summed E-state index contributed by atoms with van der Waals surface area (Å²) in [6.07, 6.45) is 3.37. The summed E-state index contributed by atoms with van der Waals surface area (Å²) in [7, 11) is 3.70. The summed E-state index contributed by atoms with van der Waals surface area (Å²) >= 11 is 0. The van der Waals surface area contributed by atoms with Crippen molar-refractivity contribution in [3.8, 4) is 0 Å². The van der Waals surface area contributed by atoms with Crippen LogP contribution in [0.1, 0.15) is 12.5 Å². The van der Waals surface area contributed by atoms with Crippen LogP contribution in [0.4, 0.5) is 9.18 Å². The molecule has 0 spiro atoms. The summed E-state index contributed by atoms with van der Waals surface area (Å²) in [6, 6.07) is 6.52. The number of aliphatic imine (C=N–C) groups is 1. The fraction of sp³-hybridized carbons (Fsp3) is 0.375. The molecule has 22 heavy (non-hydrogen) atoms. The van der Waals surface area contributed by atoms with Crippen molar-refractivity contribution in [3.05, 3.63) is 41.8 Å². The summed E-state index contributed by atoms with van der Waals surface area (Å²) in [5.41, 5.74) is 1.41. The van der Waals surface area contributed by atoms with Crippen molar-refractivity contribution >= 4 is 17.9 Å². The molecule has 2 aliphatic rings. The lowest BCUT2D eigenvalue weighted by atomic mass is 10.1. The Morgan fingerprint density at radius 3 is 2.68 bits per heavy atom. The van der Waals surface area contributed by atoms with Crippen LogP contribution in [0.2, 0.25) is 0 Å². The molecule has 2 heterocycles. The van der Waals surface area contributed by atoms with Crippen LogP contribution < -0.4 is 0 Å². The Hall–Kier alpha value is -2.37. The largest absolute Gasteiger partial charge is 0.354 e. The molecule has 0 aliphatic carbocycles. The standard InChI is InChI=1S/C16H19FN4O/c1-11-9-21(16(22)20(11)3)15-8-18-14(10-19(15)2)12-5-4-6-13(17)7-12/h4-8,10-11,15H,9H2,1-3H3. The molecule has 3 rings (SSSR count). The lowest BCUT2D eigenvalue weighted by molar-refractivity contribution is 0.162. The Kier molecular flexibility index (Phi) is 3.60. The molecule has 0 N–H and O–H groups in total. The number of nitrogens with zero attached hydrogens (tertiary/aromatic N) is 4. The molecule has 2 unspecified atom stereocenters. The van der Waals surface area contributed by atoms with E-state index in [0.717, 1.165) is 5.56 Å². The first-order valence-corrected chi connectivity index (χ1v) is 7.24. The molecule has 116 valence electrons. The molecule has 0 bridgehead atoms. The molecule has 1 aromatic carbocycles. The number of likely N-dealkylation sites (N-methyl/N-ethyl adjacent to an activating group) is 1. The normalized spacial score (nSPS) is 25.0. The zero-order chi connectivity index (χ0) is 15.9. The van der Waals surface area contributed by atoms with E-state index in [1.807, 2.05) is 31.1 Å². The summed E-state index contributed by atoms with van der Waals surface area (Å²) in [5.74, 6) is -0.288. The van der Waals surface area contributed by atoms with E-state index in [1.165, 1.54) is 12.1 Å². The van der Waals surface area contributed by atoms with Gasteiger partial charge in [-0.15, -0.1) is 0 Å². The second kappa shape index (κ2) is 5.44. The van der Waals surface area contributed by atoms with Crippen molar-refractivity contribution in [1.29, 1.82) is 0 Å². The van der Waals surface area contributed by atoms with E-state index in [1.54, 1.807) is 29.1 Å². The molecule has 5 nitrogen and oxygen atoms in total. The van der Waals surface area contributed by atoms with Crippen molar-refractivity contribution in [2.24, 2.45) is 4.99 Å². The van der Waals surface area contributed by atoms with Gasteiger partial charge in [-0.3, -0.25) is 9.89 Å². The van der Waals surface area contributed by atoms with E-state index in [-0.39, 0.29) is 24.1 Å². The quantitative estimate of drug-likeness (QED) is 0.840. The predicted molar refractivity (Wildman–Crippen MR) is 83.7 cm³/mol. The monoisotopic (exact) mass is 302 g/mol. The molecule has 1 saturated heterocycles. The minimum atomic E-state index is -0.288. The van der Waals surface area contributed by atoms with Crippen LogP contribution in [-0.4, -0.2) is 59.8 Å². The van der Waals surface area contributed by atoms with Crippen LogP contribution in [0.25, 0.3) is 5.70 Å². The number of benzene rings is 1. The first-order valence-electron chi connectivity index (χ1n) is 7.24. The molecule has 0 radical (unpaired) electrons. The smallest absolute Gasteiger partial charge is 0.322 e. The molecule has 0 aromatic heterocycles. The van der Waals surface area contributed by atoms with Crippen LogP contribution in [0, 0.1) is 5.82 Å². The van der Waals surface area contributed by atoms with Crippen molar-refractivity contribution in [1.82, 2.24) is 14.7 Å². The average molecular weight is 302 g/mol. The maximum absolute atomic E-state index is 13.3. The SMILES string of the molecule is CC1CN(C2C=NC(c3cccc(F)c3)=CN2C)C(=O)N1C. The van der Waals surface area contributed by atoms with Gasteiger partial charge in [-0.05, 0) is 19.1 Å². The average Bonchev–Trinajstić information content (AvgIpc) is 2.75. The molecule has 1 fully saturated rings. The number of halogens is 1. The third-order valence-electron chi connectivity index (χ3n) is 4.20. The highest BCUT2D eigenvalue weighted by atomic mass is 19.1. The summed E-state index contributed by atoms with van der Waals surface area (Å²) in [4.78, 5) is 22.1. The van der Waals surface area contributed by atoms with Crippen LogP contribution in [0.15, 0.2) is 35.5 Å².